The first-order valence-electron chi connectivity index (χ1n) is 6.28. The van der Waals surface area contributed by atoms with E-state index in [0.29, 0.717) is 18.9 Å². The molecule has 0 aliphatic rings. The molecule has 0 aromatic carbocycles. The van der Waals surface area contributed by atoms with Crippen molar-refractivity contribution >= 4 is 17.2 Å². The van der Waals surface area contributed by atoms with Crippen molar-refractivity contribution in [3.63, 3.8) is 0 Å². The lowest BCUT2D eigenvalue weighted by molar-refractivity contribution is -0.129. The highest BCUT2D eigenvalue weighted by atomic mass is 32.1. The standard InChI is InChI=1S/C14H18N2O2S/c1-10(2)13-7-11(18-15-13)9-16(3)14(17)8-12-5-4-6-19-12/h4-7,10H,8-9H2,1-3H3. The maximum Gasteiger partial charge on any atom is 0.227 e. The number of nitrogens with zero attached hydrogens (tertiary/aromatic N) is 2. The number of carbonyl (C=O) groups excluding carboxylic acids is 1. The molecular weight excluding hydrogens is 260 g/mol. The van der Waals surface area contributed by atoms with Crippen molar-refractivity contribution < 1.29 is 9.32 Å². The second kappa shape index (κ2) is 6.02. The lowest BCUT2D eigenvalue weighted by Gasteiger charge is -2.14. The fourth-order valence-electron chi connectivity index (χ4n) is 1.69. The molecule has 5 heteroatoms. The van der Waals surface area contributed by atoms with Gasteiger partial charge in [0.15, 0.2) is 5.76 Å². The molecule has 0 spiro atoms. The number of amides is 1. The average Bonchev–Trinajstić information content (AvgIpc) is 2.99. The molecule has 1 amide bonds. The minimum Gasteiger partial charge on any atom is -0.359 e. The van der Waals surface area contributed by atoms with Gasteiger partial charge >= 0.3 is 0 Å². The number of rotatable bonds is 5. The summed E-state index contributed by atoms with van der Waals surface area (Å²) < 4.78 is 5.24. The monoisotopic (exact) mass is 278 g/mol. The van der Waals surface area contributed by atoms with Crippen molar-refractivity contribution in [3.05, 3.63) is 39.9 Å². The molecule has 0 N–H and O–H groups in total. The molecule has 0 saturated carbocycles. The van der Waals surface area contributed by atoms with Crippen LogP contribution in [0, 0.1) is 0 Å². The van der Waals surface area contributed by atoms with E-state index in [1.165, 1.54) is 0 Å². The number of carbonyl (C=O) groups is 1. The minimum atomic E-state index is 0.0879. The number of likely N-dealkylation sites (N-methyl/N-ethyl adjacent to an activating group) is 1. The van der Waals surface area contributed by atoms with Crippen LogP contribution in [-0.4, -0.2) is 23.0 Å². The van der Waals surface area contributed by atoms with Gasteiger partial charge in [0, 0.05) is 18.0 Å². The molecule has 4 nitrogen and oxygen atoms in total. The van der Waals surface area contributed by atoms with E-state index in [-0.39, 0.29) is 5.91 Å². The molecule has 0 aliphatic heterocycles. The molecule has 0 bridgehead atoms. The summed E-state index contributed by atoms with van der Waals surface area (Å²) in [6, 6.07) is 5.85. The topological polar surface area (TPSA) is 46.3 Å². The van der Waals surface area contributed by atoms with Crippen LogP contribution in [0.25, 0.3) is 0 Å². The Morgan fingerprint density at radius 1 is 1.53 bits per heavy atom. The van der Waals surface area contributed by atoms with Crippen LogP contribution in [0.5, 0.6) is 0 Å². The van der Waals surface area contributed by atoms with Crippen LogP contribution < -0.4 is 0 Å². The zero-order valence-corrected chi connectivity index (χ0v) is 12.2. The summed E-state index contributed by atoms with van der Waals surface area (Å²) in [6.07, 6.45) is 0.444. The Labute approximate surface area is 117 Å². The van der Waals surface area contributed by atoms with Crippen LogP contribution in [0.1, 0.15) is 36.1 Å². The fourth-order valence-corrected chi connectivity index (χ4v) is 2.39. The van der Waals surface area contributed by atoms with E-state index in [9.17, 15) is 4.79 Å². The van der Waals surface area contributed by atoms with Gasteiger partial charge < -0.3 is 9.42 Å². The van der Waals surface area contributed by atoms with Crippen LogP contribution >= 0.6 is 11.3 Å². The summed E-state index contributed by atoms with van der Waals surface area (Å²) in [5.41, 5.74) is 0.925. The van der Waals surface area contributed by atoms with E-state index in [2.05, 4.69) is 19.0 Å². The molecule has 2 rings (SSSR count). The number of thiophene rings is 1. The molecule has 0 radical (unpaired) electrons. The lowest BCUT2D eigenvalue weighted by Crippen LogP contribution is -2.27. The van der Waals surface area contributed by atoms with Gasteiger partial charge in [0.25, 0.3) is 0 Å². The number of aromatic nitrogens is 1. The van der Waals surface area contributed by atoms with Crippen LogP contribution in [0.15, 0.2) is 28.1 Å². The quantitative estimate of drug-likeness (QED) is 0.844. The lowest BCUT2D eigenvalue weighted by atomic mass is 10.1. The third-order valence-corrected chi connectivity index (χ3v) is 3.77. The van der Waals surface area contributed by atoms with E-state index in [1.807, 2.05) is 23.6 Å². The third kappa shape index (κ3) is 3.67. The molecule has 0 aliphatic carbocycles. The Bertz CT molecular complexity index is 531. The van der Waals surface area contributed by atoms with Gasteiger partial charge in [0.1, 0.15) is 0 Å². The first kappa shape index (κ1) is 13.8. The van der Waals surface area contributed by atoms with Gasteiger partial charge in [-0.3, -0.25) is 4.79 Å². The summed E-state index contributed by atoms with van der Waals surface area (Å²) in [5.74, 6) is 1.15. The number of hydrogen-bond donors (Lipinski definition) is 0. The molecule has 0 fully saturated rings. The summed E-state index contributed by atoms with van der Waals surface area (Å²) in [6.45, 7) is 4.59. The smallest absolute Gasteiger partial charge is 0.227 e. The van der Waals surface area contributed by atoms with Gasteiger partial charge in [-0.05, 0) is 17.4 Å². The second-order valence-corrected chi connectivity index (χ2v) is 5.91. The fraction of sp³-hybridized carbons (Fsp3) is 0.429. The molecule has 0 unspecified atom stereocenters. The van der Waals surface area contributed by atoms with Crippen LogP contribution in [0.4, 0.5) is 0 Å². The molecule has 102 valence electrons. The van der Waals surface area contributed by atoms with Crippen molar-refractivity contribution in [2.24, 2.45) is 0 Å². The highest BCUT2D eigenvalue weighted by Gasteiger charge is 2.14. The minimum absolute atomic E-state index is 0.0879. The van der Waals surface area contributed by atoms with Crippen molar-refractivity contribution in [1.29, 1.82) is 0 Å². The van der Waals surface area contributed by atoms with Crippen LogP contribution in [0.3, 0.4) is 0 Å². The SMILES string of the molecule is CC(C)c1cc(CN(C)C(=O)Cc2cccs2)on1. The summed E-state index contributed by atoms with van der Waals surface area (Å²) in [5, 5.41) is 5.97. The maximum absolute atomic E-state index is 12.0. The summed E-state index contributed by atoms with van der Waals surface area (Å²) in [7, 11) is 1.79. The first-order valence-corrected chi connectivity index (χ1v) is 7.16. The largest absolute Gasteiger partial charge is 0.359 e. The zero-order valence-electron chi connectivity index (χ0n) is 11.4. The van der Waals surface area contributed by atoms with Gasteiger partial charge in [0.2, 0.25) is 5.91 Å². The van der Waals surface area contributed by atoms with Crippen molar-refractivity contribution in [3.8, 4) is 0 Å². The Hall–Kier alpha value is -1.62. The van der Waals surface area contributed by atoms with E-state index < -0.39 is 0 Å². The molecular formula is C14H18N2O2S. The molecule has 2 aromatic heterocycles. The summed E-state index contributed by atoms with van der Waals surface area (Å²) in [4.78, 5) is 14.8. The Morgan fingerprint density at radius 3 is 2.89 bits per heavy atom. The predicted molar refractivity (Wildman–Crippen MR) is 75.1 cm³/mol. The van der Waals surface area contributed by atoms with Crippen molar-refractivity contribution in [2.45, 2.75) is 32.7 Å². The van der Waals surface area contributed by atoms with E-state index >= 15 is 0 Å². The molecule has 0 atom stereocenters. The van der Waals surface area contributed by atoms with Gasteiger partial charge in [0.05, 0.1) is 18.7 Å². The second-order valence-electron chi connectivity index (χ2n) is 4.88. The van der Waals surface area contributed by atoms with E-state index in [1.54, 1.807) is 23.3 Å². The Kier molecular flexibility index (Phi) is 4.37. The molecule has 2 aromatic rings. The van der Waals surface area contributed by atoms with Gasteiger partial charge in [-0.1, -0.05) is 25.1 Å². The van der Waals surface area contributed by atoms with Crippen molar-refractivity contribution in [2.75, 3.05) is 7.05 Å². The third-order valence-electron chi connectivity index (χ3n) is 2.89. The molecule has 19 heavy (non-hydrogen) atoms. The average molecular weight is 278 g/mol. The summed E-state index contributed by atoms with van der Waals surface area (Å²) >= 11 is 1.60. The Morgan fingerprint density at radius 2 is 2.32 bits per heavy atom. The zero-order chi connectivity index (χ0) is 13.8. The predicted octanol–water partition coefficient (Wildman–Crippen LogP) is 3.06. The van der Waals surface area contributed by atoms with Crippen LogP contribution in [0.2, 0.25) is 0 Å². The van der Waals surface area contributed by atoms with Crippen LogP contribution in [-0.2, 0) is 17.8 Å². The van der Waals surface area contributed by atoms with Gasteiger partial charge in [-0.25, -0.2) is 0 Å². The first-order chi connectivity index (χ1) is 9.06. The van der Waals surface area contributed by atoms with Gasteiger partial charge in [-0.2, -0.15) is 0 Å². The van der Waals surface area contributed by atoms with E-state index in [0.717, 1.165) is 16.3 Å². The molecule has 2 heterocycles. The van der Waals surface area contributed by atoms with E-state index in [4.69, 9.17) is 4.52 Å². The number of hydrogen-bond acceptors (Lipinski definition) is 4. The maximum atomic E-state index is 12.0. The van der Waals surface area contributed by atoms with Crippen molar-refractivity contribution in [1.82, 2.24) is 10.1 Å². The highest BCUT2D eigenvalue weighted by Crippen LogP contribution is 2.16. The Balaban J connectivity index is 1.92. The molecule has 0 saturated heterocycles. The van der Waals surface area contributed by atoms with Gasteiger partial charge in [-0.15, -0.1) is 11.3 Å². The normalized spacial score (nSPS) is 10.9. The highest BCUT2D eigenvalue weighted by molar-refractivity contribution is 7.10.